The number of fused-ring (bicyclic) bond motifs is 2. The average molecular weight is 566 g/mol. The maximum atomic E-state index is 11.9. The number of amides is 1. The lowest BCUT2D eigenvalue weighted by atomic mass is 10.1. The van der Waals surface area contributed by atoms with Gasteiger partial charge in [0.05, 0.1) is 20.8 Å². The minimum Gasteiger partial charge on any atom is -0.493 e. The number of aromatic nitrogens is 1. The molecule has 18 heteroatoms. The summed E-state index contributed by atoms with van der Waals surface area (Å²) in [4.78, 5) is 60.7. The number of hydrogen-bond acceptors (Lipinski definition) is 12. The summed E-state index contributed by atoms with van der Waals surface area (Å²) >= 11 is 3.08. The Balaban J connectivity index is 0.000000205. The largest absolute Gasteiger partial charge is 0.493 e. The van der Waals surface area contributed by atoms with E-state index in [0.29, 0.717) is 4.47 Å². The molecule has 1 aliphatic heterocycles. The predicted octanol–water partition coefficient (Wildman–Crippen LogP) is 3.77. The molecule has 2 heterocycles. The third kappa shape index (κ3) is 4.39. The highest BCUT2D eigenvalue weighted by molar-refractivity contribution is 9.10. The van der Waals surface area contributed by atoms with Crippen molar-refractivity contribution in [3.05, 3.63) is 69.6 Å². The fraction of sp³-hybridized carbons (Fsp3) is 0.111. The highest BCUT2D eigenvalue weighted by Crippen LogP contribution is 2.41. The molecule has 0 aliphatic carbocycles. The van der Waals surface area contributed by atoms with E-state index in [0.717, 1.165) is 17.0 Å². The third-order valence-electron chi connectivity index (χ3n) is 4.86. The summed E-state index contributed by atoms with van der Waals surface area (Å²) in [7, 11) is 2.52. The minimum absolute atomic E-state index is 0.000231. The quantitative estimate of drug-likeness (QED) is 0.257. The van der Waals surface area contributed by atoms with Crippen molar-refractivity contribution in [2.24, 2.45) is 10.3 Å². The second kappa shape index (κ2) is 9.70. The van der Waals surface area contributed by atoms with Gasteiger partial charge in [-0.25, -0.2) is 0 Å². The Morgan fingerprint density at radius 3 is 2.22 bits per heavy atom. The van der Waals surface area contributed by atoms with E-state index in [1.807, 2.05) is 0 Å². The van der Waals surface area contributed by atoms with Crippen LogP contribution in [-0.2, 0) is 9.63 Å². The maximum absolute atomic E-state index is 11.9. The number of aromatic hydroxyl groups is 1. The normalized spacial score (nSPS) is 13.2. The summed E-state index contributed by atoms with van der Waals surface area (Å²) in [5.41, 5.74) is -1.69. The first kappa shape index (κ1) is 25.6. The van der Waals surface area contributed by atoms with Crippen LogP contribution in [0.15, 0.2) is 39.1 Å². The number of H-pyrrole nitrogens is 1. The van der Waals surface area contributed by atoms with Gasteiger partial charge in [-0.05, 0) is 11.2 Å². The van der Waals surface area contributed by atoms with Crippen LogP contribution in [0.3, 0.4) is 0 Å². The number of anilines is 1. The zero-order chi connectivity index (χ0) is 26.9. The number of benzene rings is 2. The van der Waals surface area contributed by atoms with Crippen molar-refractivity contribution in [2.75, 3.05) is 19.1 Å². The SMILES string of the molecule is CON=C1C(=O)N(C)c2c1cc([N+](=O)[O-])cc2[N+](=O)[O-].O=Nc1c(O)[nH]c2c([N+](=O)[O-])cc(Br)cc12. The number of nitro groups is 3. The molecule has 2 aromatic carbocycles. The van der Waals surface area contributed by atoms with Crippen molar-refractivity contribution in [1.29, 1.82) is 0 Å². The highest BCUT2D eigenvalue weighted by Gasteiger charge is 2.40. The van der Waals surface area contributed by atoms with E-state index in [-0.39, 0.29) is 39.2 Å². The lowest BCUT2D eigenvalue weighted by Gasteiger charge is -2.08. The number of carbonyl (C=O) groups excluding carboxylic acids is 1. The van der Waals surface area contributed by atoms with E-state index >= 15 is 0 Å². The molecule has 0 atom stereocenters. The first-order valence-electron chi connectivity index (χ1n) is 9.31. The Morgan fingerprint density at radius 2 is 1.69 bits per heavy atom. The zero-order valence-electron chi connectivity index (χ0n) is 18.0. The van der Waals surface area contributed by atoms with Crippen LogP contribution in [-0.4, -0.2) is 50.6 Å². The molecule has 0 saturated heterocycles. The summed E-state index contributed by atoms with van der Waals surface area (Å²) in [6, 6.07) is 4.60. The molecule has 1 aliphatic rings. The second-order valence-electron chi connectivity index (χ2n) is 6.88. The summed E-state index contributed by atoms with van der Waals surface area (Å²) in [5, 5.41) is 48.2. The van der Waals surface area contributed by atoms with Gasteiger partial charge in [-0.3, -0.25) is 35.1 Å². The van der Waals surface area contributed by atoms with E-state index in [9.17, 15) is 45.2 Å². The summed E-state index contributed by atoms with van der Waals surface area (Å²) in [6.07, 6.45) is 0. The molecular weight excluding hydrogens is 554 g/mol. The van der Waals surface area contributed by atoms with Crippen molar-refractivity contribution in [1.82, 2.24) is 4.98 Å². The number of rotatable bonds is 5. The lowest BCUT2D eigenvalue weighted by Crippen LogP contribution is -2.26. The van der Waals surface area contributed by atoms with Crippen molar-refractivity contribution in [2.45, 2.75) is 0 Å². The topological polar surface area (TPSA) is 237 Å². The smallest absolute Gasteiger partial charge is 0.300 e. The van der Waals surface area contributed by atoms with Gasteiger partial charge >= 0.3 is 5.69 Å². The number of non-ortho nitro benzene ring substituents is 2. The number of likely N-dealkylation sites (N-methyl/N-ethyl adjacent to an activating group) is 1. The van der Waals surface area contributed by atoms with Gasteiger partial charge in [0.15, 0.2) is 11.4 Å². The van der Waals surface area contributed by atoms with Gasteiger partial charge in [-0.1, -0.05) is 21.1 Å². The van der Waals surface area contributed by atoms with Crippen molar-refractivity contribution < 1.29 is 29.5 Å². The monoisotopic (exact) mass is 565 g/mol. The first-order valence-corrected chi connectivity index (χ1v) is 10.1. The summed E-state index contributed by atoms with van der Waals surface area (Å²) in [5.74, 6) is -1.11. The number of hydrogen-bond donors (Lipinski definition) is 2. The molecule has 0 radical (unpaired) electrons. The number of aromatic amines is 1. The van der Waals surface area contributed by atoms with Crippen LogP contribution in [0.2, 0.25) is 0 Å². The van der Waals surface area contributed by atoms with Crippen molar-refractivity contribution >= 4 is 66.9 Å². The molecule has 0 saturated carbocycles. The molecule has 17 nitrogen and oxygen atoms in total. The number of oxime groups is 1. The molecule has 36 heavy (non-hydrogen) atoms. The van der Waals surface area contributed by atoms with Crippen LogP contribution < -0.4 is 4.90 Å². The van der Waals surface area contributed by atoms with Gasteiger partial charge in [0.2, 0.25) is 5.88 Å². The molecule has 0 bridgehead atoms. The molecule has 1 amide bonds. The fourth-order valence-electron chi connectivity index (χ4n) is 3.39. The number of halogens is 1. The molecule has 4 rings (SSSR count). The summed E-state index contributed by atoms with van der Waals surface area (Å²) in [6.45, 7) is 0. The summed E-state index contributed by atoms with van der Waals surface area (Å²) < 4.78 is 0.426. The van der Waals surface area contributed by atoms with Crippen LogP contribution in [0.25, 0.3) is 10.9 Å². The molecule has 186 valence electrons. The van der Waals surface area contributed by atoms with E-state index in [2.05, 4.69) is 36.1 Å². The molecular formula is C18H12BrN7O10. The average Bonchev–Trinajstić information content (AvgIpc) is 3.26. The van der Waals surface area contributed by atoms with Crippen LogP contribution in [0.1, 0.15) is 5.56 Å². The van der Waals surface area contributed by atoms with E-state index in [4.69, 9.17) is 0 Å². The highest BCUT2D eigenvalue weighted by atomic mass is 79.9. The Morgan fingerprint density at radius 1 is 1.06 bits per heavy atom. The van der Waals surface area contributed by atoms with Crippen molar-refractivity contribution in [3.63, 3.8) is 0 Å². The van der Waals surface area contributed by atoms with Crippen LogP contribution in [0.4, 0.5) is 28.4 Å². The van der Waals surface area contributed by atoms with E-state index in [1.54, 1.807) is 0 Å². The molecule has 1 aromatic heterocycles. The number of nitrogens with zero attached hydrogens (tertiary/aromatic N) is 6. The number of nitroso groups, excluding NO2 is 1. The second-order valence-corrected chi connectivity index (χ2v) is 7.80. The molecule has 0 unspecified atom stereocenters. The molecule has 0 fully saturated rings. The maximum Gasteiger partial charge on any atom is 0.300 e. The van der Waals surface area contributed by atoms with Gasteiger partial charge in [0.25, 0.3) is 17.3 Å². The van der Waals surface area contributed by atoms with Gasteiger partial charge in [0.1, 0.15) is 18.3 Å². The Bertz CT molecular complexity index is 1500. The zero-order valence-corrected chi connectivity index (χ0v) is 19.6. The lowest BCUT2D eigenvalue weighted by molar-refractivity contribution is -0.393. The van der Waals surface area contributed by atoms with Gasteiger partial charge in [-0.2, -0.15) is 0 Å². The van der Waals surface area contributed by atoms with Crippen LogP contribution in [0, 0.1) is 35.3 Å². The Kier molecular flexibility index (Phi) is 6.90. The Hall–Kier alpha value is -5.00. The number of nitro benzene ring substituents is 3. The third-order valence-corrected chi connectivity index (χ3v) is 5.31. The molecule has 2 N–H and O–H groups in total. The van der Waals surface area contributed by atoms with Gasteiger partial charge in [0, 0.05) is 34.6 Å². The van der Waals surface area contributed by atoms with Crippen LogP contribution >= 0.6 is 15.9 Å². The minimum atomic E-state index is -0.786. The Labute approximate surface area is 206 Å². The van der Waals surface area contributed by atoms with Crippen molar-refractivity contribution in [3.8, 4) is 5.88 Å². The van der Waals surface area contributed by atoms with Crippen LogP contribution in [0.5, 0.6) is 5.88 Å². The van der Waals surface area contributed by atoms with E-state index in [1.165, 1.54) is 26.3 Å². The molecule has 3 aromatic rings. The predicted molar refractivity (Wildman–Crippen MR) is 126 cm³/mol. The van der Waals surface area contributed by atoms with E-state index < -0.39 is 37.9 Å². The fourth-order valence-corrected chi connectivity index (χ4v) is 3.83. The standard InChI is InChI=1S/C10H8N4O6.C8H4BrN3O4/c1-12-9-6(8(10(12)15)11-20-2)3-5(13(16)17)4-7(9)14(18)19;9-3-1-4-6(5(2-3)12(15)16)10-8(13)7(4)11-14/h3-4H,1-2H3;1-2,10,13H. The number of carbonyl (C=O) groups is 1. The molecule has 0 spiro atoms. The first-order chi connectivity index (χ1) is 16.9. The van der Waals surface area contributed by atoms with Gasteiger partial charge in [-0.15, -0.1) is 4.91 Å². The number of nitrogens with one attached hydrogen (secondary N) is 1. The van der Waals surface area contributed by atoms with Gasteiger partial charge < -0.3 is 19.8 Å².